The minimum Gasteiger partial charge on any atom is -0.472 e. The number of ether oxygens (including phenoxy) is 2. The first-order valence-electron chi connectivity index (χ1n) is 16.5. The van der Waals surface area contributed by atoms with E-state index < -0.39 is 15.4 Å². The lowest BCUT2D eigenvalue weighted by Crippen LogP contribution is -2.42. The van der Waals surface area contributed by atoms with Crippen LogP contribution in [-0.4, -0.2) is 24.6 Å². The molecule has 1 spiro atoms. The number of hydrogen-bond acceptors (Lipinski definition) is 8. The van der Waals surface area contributed by atoms with E-state index in [0.717, 1.165) is 46.2 Å². The van der Waals surface area contributed by atoms with Crippen LogP contribution in [0.15, 0.2) is 108 Å². The summed E-state index contributed by atoms with van der Waals surface area (Å²) < 4.78 is 38.6. The average Bonchev–Trinajstić information content (AvgIpc) is 3.12. The number of fused-ring (bicyclic) bond motifs is 3. The summed E-state index contributed by atoms with van der Waals surface area (Å²) in [5.74, 6) is 0.421. The molecule has 0 saturated heterocycles. The van der Waals surface area contributed by atoms with Gasteiger partial charge >= 0.3 is 0 Å². The van der Waals surface area contributed by atoms with E-state index in [1.165, 1.54) is 0 Å². The smallest absolute Gasteiger partial charge is 0.250 e. The molecule has 9 heteroatoms. The van der Waals surface area contributed by atoms with E-state index in [0.29, 0.717) is 42.8 Å². The van der Waals surface area contributed by atoms with E-state index in [9.17, 15) is 13.7 Å². The van der Waals surface area contributed by atoms with Crippen LogP contribution in [0, 0.1) is 11.3 Å². The molecule has 1 aliphatic heterocycles. The molecule has 2 atom stereocenters. The van der Waals surface area contributed by atoms with E-state index in [1.54, 1.807) is 0 Å². The molecule has 2 aliphatic rings. The van der Waals surface area contributed by atoms with Gasteiger partial charge in [0.05, 0.1) is 29.1 Å². The standard InChI is InChI=1S/C40H38N4O4S/c1-28-20-21-40(22-35-34(27-48-40)38(43-39(42-35)49(2,45)46)47-26-31-16-10-5-11-17-31)37-32(28)18-19-36(33(37)23-41)44(24-29-12-6-3-7-13-29)25-30-14-8-4-9-15-30/h3-19,28H,20-22,24-27H2,1-2H3/t28-,40-/m0/s1. The fraction of sp³-hybridized carbons (Fsp3) is 0.275. The van der Waals surface area contributed by atoms with Crippen LogP contribution in [0.3, 0.4) is 0 Å². The van der Waals surface area contributed by atoms with Crippen LogP contribution in [-0.2, 0) is 52.9 Å². The highest BCUT2D eigenvalue weighted by Crippen LogP contribution is 2.51. The number of hydrogen-bond donors (Lipinski definition) is 0. The molecule has 0 bridgehead atoms. The van der Waals surface area contributed by atoms with Crippen LogP contribution in [0.4, 0.5) is 5.69 Å². The van der Waals surface area contributed by atoms with Crippen LogP contribution >= 0.6 is 0 Å². The average molecular weight is 671 g/mol. The second kappa shape index (κ2) is 13.5. The van der Waals surface area contributed by atoms with Gasteiger partial charge in [-0.1, -0.05) is 104 Å². The van der Waals surface area contributed by atoms with Gasteiger partial charge < -0.3 is 14.4 Å². The van der Waals surface area contributed by atoms with Gasteiger partial charge in [-0.2, -0.15) is 10.2 Å². The van der Waals surface area contributed by atoms with Crippen molar-refractivity contribution in [2.45, 2.75) is 69.2 Å². The minimum absolute atomic E-state index is 0.129. The first-order valence-corrected chi connectivity index (χ1v) is 18.4. The Labute approximate surface area is 287 Å². The van der Waals surface area contributed by atoms with Crippen LogP contribution in [0.5, 0.6) is 5.88 Å². The normalized spacial score (nSPS) is 18.3. The lowest BCUT2D eigenvalue weighted by Gasteiger charge is -2.45. The molecule has 0 amide bonds. The van der Waals surface area contributed by atoms with Gasteiger partial charge in [-0.05, 0) is 47.1 Å². The predicted octanol–water partition coefficient (Wildman–Crippen LogP) is 7.40. The maximum Gasteiger partial charge on any atom is 0.250 e. The molecule has 0 fully saturated rings. The molecule has 0 saturated carbocycles. The summed E-state index contributed by atoms with van der Waals surface area (Å²) in [5.41, 5.74) is 6.91. The van der Waals surface area contributed by atoms with Crippen molar-refractivity contribution in [3.63, 3.8) is 0 Å². The quantitative estimate of drug-likeness (QED) is 0.149. The molecule has 2 heterocycles. The topological polar surface area (TPSA) is 105 Å². The number of nitrogens with zero attached hydrogens (tertiary/aromatic N) is 4. The van der Waals surface area contributed by atoms with Crippen molar-refractivity contribution >= 4 is 15.5 Å². The lowest BCUT2D eigenvalue weighted by molar-refractivity contribution is -0.0885. The van der Waals surface area contributed by atoms with Gasteiger partial charge in [-0.3, -0.25) is 0 Å². The van der Waals surface area contributed by atoms with Gasteiger partial charge in [-0.15, -0.1) is 0 Å². The molecule has 8 nitrogen and oxygen atoms in total. The monoisotopic (exact) mass is 670 g/mol. The Morgan fingerprint density at radius 1 is 0.898 bits per heavy atom. The second-order valence-corrected chi connectivity index (χ2v) is 15.0. The minimum atomic E-state index is -3.75. The lowest BCUT2D eigenvalue weighted by atomic mass is 9.69. The molecular weight excluding hydrogens is 633 g/mol. The molecule has 7 rings (SSSR count). The summed E-state index contributed by atoms with van der Waals surface area (Å²) in [7, 11) is -3.75. The van der Waals surface area contributed by atoms with Crippen molar-refractivity contribution in [2.24, 2.45) is 0 Å². The molecule has 248 valence electrons. The molecule has 1 aliphatic carbocycles. The van der Waals surface area contributed by atoms with Crippen molar-refractivity contribution in [1.29, 1.82) is 5.26 Å². The van der Waals surface area contributed by atoms with Crippen molar-refractivity contribution < 1.29 is 17.9 Å². The van der Waals surface area contributed by atoms with E-state index in [4.69, 9.17) is 9.47 Å². The summed E-state index contributed by atoms with van der Waals surface area (Å²) >= 11 is 0. The third kappa shape index (κ3) is 6.67. The number of nitriles is 1. The molecular formula is C40H38N4O4S. The Morgan fingerprint density at radius 3 is 2.10 bits per heavy atom. The number of aromatic nitrogens is 2. The third-order valence-electron chi connectivity index (χ3n) is 9.60. The molecule has 49 heavy (non-hydrogen) atoms. The summed E-state index contributed by atoms with van der Waals surface area (Å²) in [6.07, 6.45) is 2.92. The number of rotatable bonds is 9. The Kier molecular flexibility index (Phi) is 8.93. The number of anilines is 1. The van der Waals surface area contributed by atoms with Gasteiger partial charge in [0, 0.05) is 31.3 Å². The Balaban J connectivity index is 1.33. The van der Waals surface area contributed by atoms with Crippen LogP contribution < -0.4 is 9.64 Å². The Bertz CT molecular complexity index is 2080. The Morgan fingerprint density at radius 2 is 1.51 bits per heavy atom. The third-order valence-corrected chi connectivity index (χ3v) is 10.4. The van der Waals surface area contributed by atoms with Crippen LogP contribution in [0.25, 0.3) is 0 Å². The van der Waals surface area contributed by atoms with Gasteiger partial charge in [0.15, 0.2) is 0 Å². The molecule has 1 aromatic heterocycles. The zero-order valence-electron chi connectivity index (χ0n) is 27.7. The Hall–Kier alpha value is -5.04. The largest absolute Gasteiger partial charge is 0.472 e. The van der Waals surface area contributed by atoms with Gasteiger partial charge in [-0.25, -0.2) is 13.4 Å². The zero-order chi connectivity index (χ0) is 34.0. The fourth-order valence-corrected chi connectivity index (χ4v) is 7.62. The van der Waals surface area contributed by atoms with E-state index in [2.05, 4.69) is 64.3 Å². The number of benzene rings is 4. The van der Waals surface area contributed by atoms with Crippen LogP contribution in [0.1, 0.15) is 70.3 Å². The van der Waals surface area contributed by atoms with E-state index in [1.807, 2.05) is 66.7 Å². The highest BCUT2D eigenvalue weighted by molar-refractivity contribution is 7.90. The van der Waals surface area contributed by atoms with E-state index in [-0.39, 0.29) is 30.2 Å². The second-order valence-electron chi connectivity index (χ2n) is 13.0. The van der Waals surface area contributed by atoms with Crippen molar-refractivity contribution in [1.82, 2.24) is 9.97 Å². The fourth-order valence-electron chi connectivity index (χ4n) is 7.09. The van der Waals surface area contributed by atoms with Gasteiger partial charge in [0.2, 0.25) is 20.9 Å². The predicted molar refractivity (Wildman–Crippen MR) is 188 cm³/mol. The van der Waals surface area contributed by atoms with Gasteiger partial charge in [0.1, 0.15) is 18.3 Å². The van der Waals surface area contributed by atoms with Crippen molar-refractivity contribution in [2.75, 3.05) is 11.2 Å². The van der Waals surface area contributed by atoms with Gasteiger partial charge in [0.25, 0.3) is 0 Å². The zero-order valence-corrected chi connectivity index (χ0v) is 28.5. The maximum absolute atomic E-state index is 12.8. The summed E-state index contributed by atoms with van der Waals surface area (Å²) in [6, 6.07) is 37.0. The van der Waals surface area contributed by atoms with Crippen LogP contribution in [0.2, 0.25) is 0 Å². The SMILES string of the molecule is C[C@H]1CC[C@]2(Cc3nc(S(C)(=O)=O)nc(OCc4ccccc4)c3CO2)c2c1ccc(N(Cc1ccccc1)Cc1ccccc1)c2C#N. The first-order chi connectivity index (χ1) is 23.7. The first kappa shape index (κ1) is 32.5. The summed E-state index contributed by atoms with van der Waals surface area (Å²) in [6.45, 7) is 3.77. The molecule has 0 radical (unpaired) electrons. The highest BCUT2D eigenvalue weighted by atomic mass is 32.2. The molecule has 4 aromatic carbocycles. The molecule has 0 N–H and O–H groups in total. The van der Waals surface area contributed by atoms with Crippen molar-refractivity contribution in [3.8, 4) is 11.9 Å². The number of sulfone groups is 1. The molecule has 5 aromatic rings. The molecule has 0 unspecified atom stereocenters. The van der Waals surface area contributed by atoms with Crippen molar-refractivity contribution in [3.05, 3.63) is 148 Å². The maximum atomic E-state index is 12.8. The summed E-state index contributed by atoms with van der Waals surface area (Å²) in [5, 5.41) is 10.7. The summed E-state index contributed by atoms with van der Waals surface area (Å²) in [4.78, 5) is 11.2. The highest BCUT2D eigenvalue weighted by Gasteiger charge is 2.46. The van der Waals surface area contributed by atoms with E-state index >= 15 is 0 Å².